The van der Waals surface area contributed by atoms with Gasteiger partial charge in [0.15, 0.2) is 0 Å². The van der Waals surface area contributed by atoms with E-state index in [0.717, 1.165) is 17.3 Å². The smallest absolute Gasteiger partial charge is 0.0454 e. The SMILES string of the molecule is CC(C)(C)[c-]1c(-c2ccccc2)c(-c2ccccc2)c(CP)c1C(P)(c1cccnc1)c1cccnc1.[Fe].[cH-]1[cH-][cH-][cH-][cH-]1. The van der Waals surface area contributed by atoms with Crippen molar-refractivity contribution in [3.63, 3.8) is 0 Å². The third-order valence-electron chi connectivity index (χ3n) is 7.62. The van der Waals surface area contributed by atoms with E-state index in [1.54, 1.807) is 0 Å². The van der Waals surface area contributed by atoms with Crippen molar-refractivity contribution in [1.29, 1.82) is 0 Å². The summed E-state index contributed by atoms with van der Waals surface area (Å²) in [7, 11) is 6.25. The summed E-state index contributed by atoms with van der Waals surface area (Å²) in [4.78, 5) is 9.11. The van der Waals surface area contributed by atoms with Gasteiger partial charge in [-0.3, -0.25) is 9.97 Å². The Hall–Kier alpha value is -3.18. The Morgan fingerprint density at radius 2 is 1.14 bits per heavy atom. The van der Waals surface area contributed by atoms with Crippen LogP contribution in [-0.2, 0) is 33.8 Å². The summed E-state index contributed by atoms with van der Waals surface area (Å²) >= 11 is 0. The average Bonchev–Trinajstić information content (AvgIpc) is 3.73. The fourth-order valence-corrected chi connectivity index (χ4v) is 6.92. The minimum Gasteiger partial charge on any atom is -0.748 e. The standard InChI is InChI=1S/C33H33N2P2.C5H5.Fe/c1-32(2,3)31-29(24-14-8-5-9-15-24)28(23-12-6-4-7-13-23)27(22-36)30(31)33(37,25-16-10-18-34-20-25)26-17-11-19-35-21-26;1-2-4-5-3-1;/h4-21H,22,36-37H2,1-3H3;1-5H;/q-1;-5;. The first-order valence-corrected chi connectivity index (χ1v) is 15.7. The van der Waals surface area contributed by atoms with Crippen LogP contribution in [0.5, 0.6) is 0 Å². The number of rotatable bonds is 6. The molecule has 6 rings (SSSR count). The van der Waals surface area contributed by atoms with Gasteiger partial charge >= 0.3 is 0 Å². The van der Waals surface area contributed by atoms with Gasteiger partial charge in [-0.05, 0) is 28.7 Å². The second-order valence-corrected chi connectivity index (χ2v) is 12.7. The molecule has 43 heavy (non-hydrogen) atoms. The molecule has 0 fully saturated rings. The minimum atomic E-state index is -0.534. The van der Waals surface area contributed by atoms with Gasteiger partial charge in [-0.2, -0.15) is 0 Å². The van der Waals surface area contributed by atoms with Crippen LogP contribution in [0.4, 0.5) is 0 Å². The van der Waals surface area contributed by atoms with Crippen LogP contribution < -0.4 is 0 Å². The maximum atomic E-state index is 4.56. The summed E-state index contributed by atoms with van der Waals surface area (Å²) in [5, 5.41) is -0.534. The van der Waals surface area contributed by atoms with Crippen molar-refractivity contribution in [2.24, 2.45) is 0 Å². The van der Waals surface area contributed by atoms with Crippen LogP contribution >= 0.6 is 18.5 Å². The van der Waals surface area contributed by atoms with Crippen LogP contribution in [0.15, 0.2) is 140 Å². The fourth-order valence-electron chi connectivity index (χ4n) is 5.85. The van der Waals surface area contributed by atoms with E-state index in [9.17, 15) is 0 Å². The molecule has 5 heteroatoms. The largest absolute Gasteiger partial charge is 0.748 e. The molecule has 0 aliphatic rings. The number of benzene rings is 2. The van der Waals surface area contributed by atoms with E-state index in [1.165, 1.54) is 38.9 Å². The van der Waals surface area contributed by atoms with Crippen molar-refractivity contribution < 1.29 is 17.1 Å². The third kappa shape index (κ3) is 6.82. The number of nitrogens with zero attached hydrogens (tertiary/aromatic N) is 2. The van der Waals surface area contributed by atoms with Gasteiger partial charge in [-0.25, -0.2) is 0 Å². The third-order valence-corrected chi connectivity index (χ3v) is 8.98. The molecule has 0 saturated carbocycles. The quantitative estimate of drug-likeness (QED) is 0.103. The topological polar surface area (TPSA) is 25.8 Å². The van der Waals surface area contributed by atoms with Gasteiger partial charge in [0.25, 0.3) is 0 Å². The Morgan fingerprint density at radius 1 is 0.674 bits per heavy atom. The zero-order valence-electron chi connectivity index (χ0n) is 24.9. The van der Waals surface area contributed by atoms with Crippen LogP contribution in [-0.4, -0.2) is 9.97 Å². The number of hydrogen-bond acceptors (Lipinski definition) is 2. The van der Waals surface area contributed by atoms with E-state index in [-0.39, 0.29) is 22.5 Å². The average molecular weight is 641 g/mol. The Labute approximate surface area is 272 Å². The first-order valence-electron chi connectivity index (χ1n) is 14.3. The zero-order chi connectivity index (χ0) is 29.6. The Morgan fingerprint density at radius 3 is 1.53 bits per heavy atom. The van der Waals surface area contributed by atoms with Crippen LogP contribution in [0.2, 0.25) is 0 Å². The summed E-state index contributed by atoms with van der Waals surface area (Å²) < 4.78 is 0. The summed E-state index contributed by atoms with van der Waals surface area (Å²) in [6.07, 6.45) is 8.50. The van der Waals surface area contributed by atoms with E-state index >= 15 is 0 Å². The summed E-state index contributed by atoms with van der Waals surface area (Å²) in [6, 6.07) is 40.1. The second kappa shape index (κ2) is 14.5. The van der Waals surface area contributed by atoms with Crippen LogP contribution in [0.25, 0.3) is 22.3 Å². The van der Waals surface area contributed by atoms with Gasteiger partial charge in [-0.1, -0.05) is 111 Å². The van der Waals surface area contributed by atoms with Gasteiger partial charge in [0, 0.05) is 47.0 Å². The maximum Gasteiger partial charge on any atom is 0.0454 e. The molecule has 0 spiro atoms. The van der Waals surface area contributed by atoms with Crippen LogP contribution in [0.3, 0.4) is 0 Å². The summed E-state index contributed by atoms with van der Waals surface area (Å²) in [5.74, 6) is 0. The molecule has 2 unspecified atom stereocenters. The van der Waals surface area contributed by atoms with Crippen LogP contribution in [0, 0.1) is 0 Å². The molecule has 0 N–H and O–H groups in total. The van der Waals surface area contributed by atoms with Crippen molar-refractivity contribution in [3.05, 3.63) is 168 Å². The number of hydrogen-bond donors (Lipinski definition) is 0. The van der Waals surface area contributed by atoms with E-state index in [4.69, 9.17) is 0 Å². The van der Waals surface area contributed by atoms with E-state index in [2.05, 4.69) is 122 Å². The van der Waals surface area contributed by atoms with E-state index in [1.807, 2.05) is 67.3 Å². The molecule has 2 heterocycles. The van der Waals surface area contributed by atoms with Gasteiger partial charge in [-0.15, -0.1) is 46.3 Å². The van der Waals surface area contributed by atoms with Crippen molar-refractivity contribution >= 4 is 18.5 Å². The predicted octanol–water partition coefficient (Wildman–Crippen LogP) is 9.77. The summed E-state index contributed by atoms with van der Waals surface area (Å²) in [6.45, 7) is 6.99. The number of pyridine rings is 2. The normalized spacial score (nSPS) is 11.3. The summed E-state index contributed by atoms with van der Waals surface area (Å²) in [5.41, 5.74) is 11.2. The van der Waals surface area contributed by atoms with Crippen LogP contribution in [0.1, 0.15) is 48.6 Å². The van der Waals surface area contributed by atoms with Crippen molar-refractivity contribution in [2.75, 3.05) is 0 Å². The molecular weight excluding hydrogens is 602 g/mol. The molecule has 2 aromatic heterocycles. The van der Waals surface area contributed by atoms with E-state index in [0.29, 0.717) is 0 Å². The molecule has 0 saturated heterocycles. The first kappa shape index (κ1) is 32.7. The molecular formula is C38H38FeN2P2-6. The number of aromatic nitrogens is 2. The Bertz CT molecular complexity index is 1620. The van der Waals surface area contributed by atoms with E-state index < -0.39 is 5.16 Å². The second-order valence-electron chi connectivity index (χ2n) is 11.4. The van der Waals surface area contributed by atoms with Crippen molar-refractivity contribution in [3.8, 4) is 22.3 Å². The van der Waals surface area contributed by atoms with Gasteiger partial charge < -0.3 is 30.3 Å². The molecule has 0 aliphatic heterocycles. The molecule has 2 nitrogen and oxygen atoms in total. The van der Waals surface area contributed by atoms with Crippen molar-refractivity contribution in [2.45, 2.75) is 37.5 Å². The Kier molecular flexibility index (Phi) is 11.1. The van der Waals surface area contributed by atoms with Crippen molar-refractivity contribution in [1.82, 2.24) is 9.97 Å². The molecule has 4 aromatic carbocycles. The zero-order valence-corrected chi connectivity index (χ0v) is 28.3. The molecule has 2 atom stereocenters. The molecule has 0 aliphatic carbocycles. The molecule has 0 amide bonds. The monoisotopic (exact) mass is 640 g/mol. The van der Waals surface area contributed by atoms with Gasteiger partial charge in [0.05, 0.1) is 0 Å². The molecule has 6 aromatic rings. The minimum absolute atomic E-state index is 0. The molecule has 0 radical (unpaired) electrons. The van der Waals surface area contributed by atoms with Gasteiger partial charge in [0.1, 0.15) is 0 Å². The molecule has 224 valence electrons. The fraction of sp³-hybridized carbons (Fsp3) is 0.158. The predicted molar refractivity (Wildman–Crippen MR) is 185 cm³/mol. The Balaban J connectivity index is 0.000000641. The first-order chi connectivity index (χ1) is 20.4. The van der Waals surface area contributed by atoms with Gasteiger partial charge in [0.2, 0.25) is 0 Å². The molecule has 0 bridgehead atoms. The maximum absolute atomic E-state index is 4.56.